The second-order valence-electron chi connectivity index (χ2n) is 5.42. The molecule has 3 heteroatoms. The van der Waals surface area contributed by atoms with Gasteiger partial charge in [0.25, 0.3) is 6.29 Å². The highest BCUT2D eigenvalue weighted by Crippen LogP contribution is 2.36. The average Bonchev–Trinajstić information content (AvgIpc) is 2.60. The molecule has 1 unspecified atom stereocenters. The van der Waals surface area contributed by atoms with Gasteiger partial charge in [-0.15, -0.1) is 0 Å². The second-order valence-corrected chi connectivity index (χ2v) is 5.42. The van der Waals surface area contributed by atoms with E-state index in [2.05, 4.69) is 6.58 Å². The molecule has 3 nitrogen and oxygen atoms in total. The summed E-state index contributed by atoms with van der Waals surface area (Å²) >= 11 is 0. The molecule has 1 atom stereocenters. The van der Waals surface area contributed by atoms with Crippen LogP contribution in [0.3, 0.4) is 0 Å². The molecule has 0 radical (unpaired) electrons. The fourth-order valence-electron chi connectivity index (χ4n) is 2.73. The van der Waals surface area contributed by atoms with Crippen molar-refractivity contribution < 1.29 is 14.3 Å². The Morgan fingerprint density at radius 1 is 0.913 bits per heavy atom. The molecule has 0 aliphatic carbocycles. The molecule has 4 rings (SSSR count). The van der Waals surface area contributed by atoms with Crippen molar-refractivity contribution in [2.24, 2.45) is 0 Å². The predicted octanol–water partition coefficient (Wildman–Crippen LogP) is 4.73. The maximum absolute atomic E-state index is 12.3. The molecule has 0 saturated carbocycles. The lowest BCUT2D eigenvalue weighted by Gasteiger charge is -2.26. The Hall–Kier alpha value is -3.07. The third-order valence-corrected chi connectivity index (χ3v) is 3.94. The molecule has 1 aliphatic rings. The highest BCUT2D eigenvalue weighted by atomic mass is 16.7. The van der Waals surface area contributed by atoms with Crippen LogP contribution in [0.1, 0.15) is 27.8 Å². The SMILES string of the molecule is C=Cc1ccc2cc3c(cc2c1)OC(c1ccccc1)OC3=O. The molecule has 0 bridgehead atoms. The number of hydrogen-bond donors (Lipinski definition) is 0. The summed E-state index contributed by atoms with van der Waals surface area (Å²) < 4.78 is 11.3. The van der Waals surface area contributed by atoms with Crippen LogP contribution in [0.4, 0.5) is 0 Å². The minimum atomic E-state index is -0.712. The molecule has 0 aromatic heterocycles. The molecule has 0 N–H and O–H groups in total. The first-order chi connectivity index (χ1) is 11.2. The summed E-state index contributed by atoms with van der Waals surface area (Å²) in [5.41, 5.74) is 2.29. The van der Waals surface area contributed by atoms with E-state index in [0.29, 0.717) is 11.3 Å². The van der Waals surface area contributed by atoms with E-state index in [1.54, 1.807) is 12.1 Å². The number of rotatable bonds is 2. The number of cyclic esters (lactones) is 1. The van der Waals surface area contributed by atoms with E-state index < -0.39 is 6.29 Å². The topological polar surface area (TPSA) is 35.5 Å². The molecule has 3 aromatic rings. The van der Waals surface area contributed by atoms with Crippen molar-refractivity contribution in [3.63, 3.8) is 0 Å². The van der Waals surface area contributed by atoms with Crippen molar-refractivity contribution in [2.45, 2.75) is 6.29 Å². The Balaban J connectivity index is 1.80. The fourth-order valence-corrected chi connectivity index (χ4v) is 2.73. The number of fused-ring (bicyclic) bond motifs is 2. The summed E-state index contributed by atoms with van der Waals surface area (Å²) in [7, 11) is 0. The zero-order valence-electron chi connectivity index (χ0n) is 12.4. The van der Waals surface area contributed by atoms with Crippen LogP contribution in [0.2, 0.25) is 0 Å². The largest absolute Gasteiger partial charge is 0.450 e. The molecule has 0 fully saturated rings. The Morgan fingerprint density at radius 2 is 1.74 bits per heavy atom. The molecule has 1 heterocycles. The minimum Gasteiger partial charge on any atom is -0.450 e. The zero-order valence-corrected chi connectivity index (χ0v) is 12.4. The smallest absolute Gasteiger partial charge is 0.345 e. The van der Waals surface area contributed by atoms with Gasteiger partial charge in [0.15, 0.2) is 0 Å². The lowest BCUT2D eigenvalue weighted by atomic mass is 10.0. The van der Waals surface area contributed by atoms with Crippen molar-refractivity contribution in [1.82, 2.24) is 0 Å². The van der Waals surface area contributed by atoms with E-state index in [9.17, 15) is 4.79 Å². The van der Waals surface area contributed by atoms with Crippen LogP contribution in [0.15, 0.2) is 67.2 Å². The number of esters is 1. The normalized spacial score (nSPS) is 16.3. The predicted molar refractivity (Wildman–Crippen MR) is 89.3 cm³/mol. The van der Waals surface area contributed by atoms with Crippen LogP contribution in [0.5, 0.6) is 5.75 Å². The first kappa shape index (κ1) is 13.6. The van der Waals surface area contributed by atoms with Gasteiger partial charge in [-0.25, -0.2) is 4.79 Å². The second kappa shape index (κ2) is 5.29. The van der Waals surface area contributed by atoms with Crippen molar-refractivity contribution in [2.75, 3.05) is 0 Å². The molecular formula is C20H14O3. The monoisotopic (exact) mass is 302 g/mol. The third kappa shape index (κ3) is 2.36. The van der Waals surface area contributed by atoms with Gasteiger partial charge in [-0.2, -0.15) is 0 Å². The van der Waals surface area contributed by atoms with Gasteiger partial charge in [-0.3, -0.25) is 0 Å². The van der Waals surface area contributed by atoms with E-state index in [4.69, 9.17) is 9.47 Å². The quantitative estimate of drug-likeness (QED) is 0.642. The average molecular weight is 302 g/mol. The van der Waals surface area contributed by atoms with E-state index in [0.717, 1.165) is 21.9 Å². The van der Waals surface area contributed by atoms with Crippen molar-refractivity contribution in [3.8, 4) is 5.75 Å². The number of carbonyl (C=O) groups excluding carboxylic acids is 1. The third-order valence-electron chi connectivity index (χ3n) is 3.94. The van der Waals surface area contributed by atoms with Gasteiger partial charge in [0.2, 0.25) is 0 Å². The van der Waals surface area contributed by atoms with E-state index >= 15 is 0 Å². The minimum absolute atomic E-state index is 0.366. The van der Waals surface area contributed by atoms with Crippen LogP contribution in [0.25, 0.3) is 16.8 Å². The van der Waals surface area contributed by atoms with Gasteiger partial charge in [-0.1, -0.05) is 55.1 Å². The number of carbonyl (C=O) groups is 1. The van der Waals surface area contributed by atoms with Crippen LogP contribution in [-0.2, 0) is 4.74 Å². The lowest BCUT2D eigenvalue weighted by Crippen LogP contribution is -2.23. The highest BCUT2D eigenvalue weighted by Gasteiger charge is 2.29. The Labute approximate surface area is 133 Å². The van der Waals surface area contributed by atoms with Gasteiger partial charge < -0.3 is 9.47 Å². The van der Waals surface area contributed by atoms with E-state index in [1.165, 1.54) is 0 Å². The first-order valence-corrected chi connectivity index (χ1v) is 7.37. The van der Waals surface area contributed by atoms with Crippen molar-refractivity contribution in [1.29, 1.82) is 0 Å². The molecule has 0 amide bonds. The molecular weight excluding hydrogens is 288 g/mol. The molecule has 112 valence electrons. The van der Waals surface area contributed by atoms with Crippen LogP contribution < -0.4 is 4.74 Å². The molecule has 23 heavy (non-hydrogen) atoms. The zero-order chi connectivity index (χ0) is 15.8. The van der Waals surface area contributed by atoms with Crippen LogP contribution >= 0.6 is 0 Å². The van der Waals surface area contributed by atoms with Crippen LogP contribution in [0, 0.1) is 0 Å². The summed E-state index contributed by atoms with van der Waals surface area (Å²) in [6, 6.07) is 19.1. The number of hydrogen-bond acceptors (Lipinski definition) is 3. The van der Waals surface area contributed by atoms with Crippen molar-refractivity contribution in [3.05, 3.63) is 83.9 Å². The molecule has 3 aromatic carbocycles. The maximum atomic E-state index is 12.3. The van der Waals surface area contributed by atoms with E-state index in [-0.39, 0.29) is 5.97 Å². The van der Waals surface area contributed by atoms with Gasteiger partial charge in [-0.05, 0) is 34.5 Å². The summed E-state index contributed by atoms with van der Waals surface area (Å²) in [6.07, 6.45) is 1.08. The molecule has 0 spiro atoms. The van der Waals surface area contributed by atoms with E-state index in [1.807, 2.05) is 54.6 Å². The lowest BCUT2D eigenvalue weighted by molar-refractivity contribution is -0.0623. The maximum Gasteiger partial charge on any atom is 0.345 e. The Kier molecular flexibility index (Phi) is 3.12. The summed E-state index contributed by atoms with van der Waals surface area (Å²) in [5.74, 6) is 0.179. The Morgan fingerprint density at radius 3 is 2.52 bits per heavy atom. The summed E-state index contributed by atoms with van der Waals surface area (Å²) in [6.45, 7) is 3.78. The Bertz CT molecular complexity index is 913. The van der Waals surface area contributed by atoms with Gasteiger partial charge >= 0.3 is 5.97 Å². The fraction of sp³-hybridized carbons (Fsp3) is 0.0500. The summed E-state index contributed by atoms with van der Waals surface area (Å²) in [5, 5.41) is 1.97. The molecule has 0 saturated heterocycles. The number of benzene rings is 3. The number of ether oxygens (including phenoxy) is 2. The summed E-state index contributed by atoms with van der Waals surface area (Å²) in [4.78, 5) is 12.3. The van der Waals surface area contributed by atoms with Crippen molar-refractivity contribution >= 4 is 22.8 Å². The standard InChI is InChI=1S/C20H14O3/c1-2-13-8-9-15-11-17-18(12-16(15)10-13)22-20(23-19(17)21)14-6-4-3-5-7-14/h2-12,20H,1H2. The van der Waals surface area contributed by atoms with Gasteiger partial charge in [0, 0.05) is 5.56 Å². The molecule has 1 aliphatic heterocycles. The van der Waals surface area contributed by atoms with Gasteiger partial charge in [0.05, 0.1) is 0 Å². The van der Waals surface area contributed by atoms with Crippen LogP contribution in [-0.4, -0.2) is 5.97 Å². The van der Waals surface area contributed by atoms with Gasteiger partial charge in [0.1, 0.15) is 11.3 Å². The first-order valence-electron chi connectivity index (χ1n) is 7.37. The highest BCUT2D eigenvalue weighted by molar-refractivity contribution is 5.99.